The smallest absolute Gasteiger partial charge is 0.418 e. The van der Waals surface area contributed by atoms with Gasteiger partial charge >= 0.3 is 12.2 Å². The van der Waals surface area contributed by atoms with Crippen molar-refractivity contribution in [3.63, 3.8) is 0 Å². The van der Waals surface area contributed by atoms with Gasteiger partial charge in [0.25, 0.3) is 0 Å². The number of amides is 2. The van der Waals surface area contributed by atoms with E-state index in [1.54, 1.807) is 12.3 Å². The number of urea groups is 1. The van der Waals surface area contributed by atoms with Gasteiger partial charge in [-0.15, -0.1) is 11.3 Å². The van der Waals surface area contributed by atoms with Crippen molar-refractivity contribution in [2.75, 3.05) is 5.32 Å². The molecule has 3 rings (SSSR count). The highest BCUT2D eigenvalue weighted by Crippen LogP contribution is 2.34. The van der Waals surface area contributed by atoms with Crippen LogP contribution in [0.15, 0.2) is 58.5 Å². The van der Waals surface area contributed by atoms with Crippen LogP contribution in [0.25, 0.3) is 11.3 Å². The molecule has 2 aromatic heterocycles. The van der Waals surface area contributed by atoms with E-state index in [1.165, 1.54) is 29.5 Å². The molecule has 8 heteroatoms. The van der Waals surface area contributed by atoms with Gasteiger partial charge in [0.1, 0.15) is 5.76 Å². The van der Waals surface area contributed by atoms with Crippen molar-refractivity contribution in [3.05, 3.63) is 64.5 Å². The summed E-state index contributed by atoms with van der Waals surface area (Å²) in [5.41, 5.74) is -0.286. The highest BCUT2D eigenvalue weighted by Gasteiger charge is 2.33. The van der Waals surface area contributed by atoms with Crippen molar-refractivity contribution in [2.45, 2.75) is 12.7 Å². The minimum Gasteiger partial charge on any atom is -0.464 e. The minimum atomic E-state index is -4.53. The molecule has 0 radical (unpaired) electrons. The number of benzene rings is 1. The zero-order valence-electron chi connectivity index (χ0n) is 12.8. The zero-order chi connectivity index (χ0) is 17.9. The summed E-state index contributed by atoms with van der Waals surface area (Å²) in [6.07, 6.45) is -2.97. The fourth-order valence-corrected chi connectivity index (χ4v) is 3.03. The average Bonchev–Trinajstić information content (AvgIpc) is 3.24. The van der Waals surface area contributed by atoms with E-state index in [-0.39, 0.29) is 12.2 Å². The summed E-state index contributed by atoms with van der Waals surface area (Å²) in [6.45, 7) is 0.200. The Bertz CT molecular complexity index is 857. The number of rotatable bonds is 4. The van der Waals surface area contributed by atoms with Crippen LogP contribution in [0, 0.1) is 0 Å². The fraction of sp³-hybridized carbons (Fsp3) is 0.118. The van der Waals surface area contributed by atoms with E-state index in [1.807, 2.05) is 17.5 Å². The summed E-state index contributed by atoms with van der Waals surface area (Å²) in [6, 6.07) is 9.58. The third kappa shape index (κ3) is 4.21. The first-order valence-electron chi connectivity index (χ1n) is 7.26. The number of thiophene rings is 1. The predicted molar refractivity (Wildman–Crippen MR) is 89.3 cm³/mol. The molecule has 130 valence electrons. The molecule has 0 saturated heterocycles. The van der Waals surface area contributed by atoms with Crippen LogP contribution in [-0.2, 0) is 12.7 Å². The third-order valence-corrected chi connectivity index (χ3v) is 4.30. The van der Waals surface area contributed by atoms with Gasteiger partial charge in [0.2, 0.25) is 0 Å². The molecule has 0 aliphatic carbocycles. The Morgan fingerprint density at radius 3 is 2.68 bits per heavy atom. The molecule has 0 unspecified atom stereocenters. The van der Waals surface area contributed by atoms with E-state index >= 15 is 0 Å². The minimum absolute atomic E-state index is 0.200. The van der Waals surface area contributed by atoms with E-state index < -0.39 is 17.8 Å². The molecule has 0 fully saturated rings. The molecule has 2 amide bonds. The molecule has 0 saturated carbocycles. The number of hydrogen-bond donors (Lipinski definition) is 2. The predicted octanol–water partition coefficient (Wildman–Crippen LogP) is 5.35. The summed E-state index contributed by atoms with van der Waals surface area (Å²) >= 11 is 1.42. The van der Waals surface area contributed by atoms with Gasteiger partial charge in [-0.1, -0.05) is 12.1 Å². The fourth-order valence-electron chi connectivity index (χ4n) is 2.22. The normalized spacial score (nSPS) is 11.3. The SMILES string of the molecule is O=C(NCc1cc(-c2ccco2)cs1)Nc1ccccc1C(F)(F)F. The lowest BCUT2D eigenvalue weighted by molar-refractivity contribution is -0.136. The van der Waals surface area contributed by atoms with Crippen LogP contribution in [0.5, 0.6) is 0 Å². The van der Waals surface area contributed by atoms with Crippen LogP contribution in [-0.4, -0.2) is 6.03 Å². The molecule has 0 bridgehead atoms. The standard InChI is InChI=1S/C17H13F3N2O2S/c18-17(19,20)13-4-1-2-5-14(13)22-16(23)21-9-12-8-11(10-25-12)15-6-3-7-24-15/h1-8,10H,9H2,(H2,21,22,23). The lowest BCUT2D eigenvalue weighted by Crippen LogP contribution is -2.28. The first kappa shape index (κ1) is 17.1. The average molecular weight is 366 g/mol. The Hall–Kier alpha value is -2.74. The van der Waals surface area contributed by atoms with Crippen LogP contribution in [0.2, 0.25) is 0 Å². The molecule has 25 heavy (non-hydrogen) atoms. The van der Waals surface area contributed by atoms with E-state index in [0.29, 0.717) is 5.76 Å². The van der Waals surface area contributed by atoms with Gasteiger partial charge in [-0.3, -0.25) is 0 Å². The number of hydrogen-bond acceptors (Lipinski definition) is 3. The Balaban J connectivity index is 1.61. The highest BCUT2D eigenvalue weighted by molar-refractivity contribution is 7.10. The van der Waals surface area contributed by atoms with Gasteiger partial charge in [-0.05, 0) is 30.3 Å². The van der Waals surface area contributed by atoms with Crippen LogP contribution >= 0.6 is 11.3 Å². The van der Waals surface area contributed by atoms with Crippen molar-refractivity contribution in [2.24, 2.45) is 0 Å². The van der Waals surface area contributed by atoms with E-state index in [4.69, 9.17) is 4.42 Å². The van der Waals surface area contributed by atoms with Gasteiger partial charge in [-0.2, -0.15) is 13.2 Å². The van der Waals surface area contributed by atoms with E-state index in [2.05, 4.69) is 10.6 Å². The van der Waals surface area contributed by atoms with Crippen LogP contribution in [0.3, 0.4) is 0 Å². The largest absolute Gasteiger partial charge is 0.464 e. The number of anilines is 1. The number of furan rings is 1. The second-order valence-corrected chi connectivity index (χ2v) is 6.13. The number of para-hydroxylation sites is 1. The van der Waals surface area contributed by atoms with E-state index in [9.17, 15) is 18.0 Å². The van der Waals surface area contributed by atoms with Gasteiger partial charge in [0.05, 0.1) is 24.1 Å². The van der Waals surface area contributed by atoms with E-state index in [0.717, 1.165) is 16.5 Å². The molecular formula is C17H13F3N2O2S. The summed E-state index contributed by atoms with van der Waals surface area (Å²) in [7, 11) is 0. The van der Waals surface area contributed by atoms with Crippen LogP contribution in [0.1, 0.15) is 10.4 Å². The molecule has 1 aromatic carbocycles. The topological polar surface area (TPSA) is 54.3 Å². The molecular weight excluding hydrogens is 353 g/mol. The Morgan fingerprint density at radius 1 is 1.16 bits per heavy atom. The second-order valence-electron chi connectivity index (χ2n) is 5.13. The maximum atomic E-state index is 12.9. The van der Waals surface area contributed by atoms with Crippen LogP contribution in [0.4, 0.5) is 23.7 Å². The number of halogens is 3. The monoisotopic (exact) mass is 366 g/mol. The van der Waals surface area contributed by atoms with Gasteiger partial charge in [0.15, 0.2) is 0 Å². The van der Waals surface area contributed by atoms with Gasteiger partial charge in [0, 0.05) is 15.8 Å². The lowest BCUT2D eigenvalue weighted by Gasteiger charge is -2.13. The summed E-state index contributed by atoms with van der Waals surface area (Å²) in [5.74, 6) is 0.714. The van der Waals surface area contributed by atoms with Gasteiger partial charge < -0.3 is 15.1 Å². The Morgan fingerprint density at radius 2 is 1.96 bits per heavy atom. The highest BCUT2D eigenvalue weighted by atomic mass is 32.1. The van der Waals surface area contributed by atoms with Crippen molar-refractivity contribution in [1.29, 1.82) is 0 Å². The lowest BCUT2D eigenvalue weighted by atomic mass is 10.1. The summed E-state index contributed by atoms with van der Waals surface area (Å²) in [4.78, 5) is 12.7. The van der Waals surface area contributed by atoms with Crippen molar-refractivity contribution in [3.8, 4) is 11.3 Å². The molecule has 4 nitrogen and oxygen atoms in total. The summed E-state index contributed by atoms with van der Waals surface area (Å²) in [5, 5.41) is 6.67. The molecule has 3 aromatic rings. The molecule has 2 N–H and O–H groups in total. The molecule has 0 atom stereocenters. The number of nitrogens with one attached hydrogen (secondary N) is 2. The maximum Gasteiger partial charge on any atom is 0.418 e. The second kappa shape index (κ2) is 7.02. The number of alkyl halides is 3. The van der Waals surface area contributed by atoms with Crippen molar-refractivity contribution < 1.29 is 22.4 Å². The molecule has 0 spiro atoms. The Labute approximate surface area is 145 Å². The summed E-state index contributed by atoms with van der Waals surface area (Å²) < 4.78 is 44.0. The molecule has 2 heterocycles. The maximum absolute atomic E-state index is 12.9. The Kier molecular flexibility index (Phi) is 4.80. The number of carbonyl (C=O) groups excluding carboxylic acids is 1. The third-order valence-electron chi connectivity index (χ3n) is 3.36. The zero-order valence-corrected chi connectivity index (χ0v) is 13.6. The van der Waals surface area contributed by atoms with Crippen molar-refractivity contribution >= 4 is 23.1 Å². The first-order chi connectivity index (χ1) is 11.9. The molecule has 0 aliphatic rings. The quantitative estimate of drug-likeness (QED) is 0.654. The molecule has 0 aliphatic heterocycles. The van der Waals surface area contributed by atoms with Crippen LogP contribution < -0.4 is 10.6 Å². The first-order valence-corrected chi connectivity index (χ1v) is 8.14. The number of carbonyl (C=O) groups is 1. The van der Waals surface area contributed by atoms with Gasteiger partial charge in [-0.25, -0.2) is 4.79 Å². The van der Waals surface area contributed by atoms with Crippen molar-refractivity contribution in [1.82, 2.24) is 5.32 Å².